The number of rotatable bonds is 1. The molecule has 0 aromatic carbocycles. The van der Waals surface area contributed by atoms with Gasteiger partial charge >= 0.3 is 0 Å². The fourth-order valence-corrected chi connectivity index (χ4v) is 0. The zero-order chi connectivity index (χ0) is 7.21. The zero-order valence-corrected chi connectivity index (χ0v) is 5.57. The van der Waals surface area contributed by atoms with Crippen molar-refractivity contribution < 1.29 is 17.4 Å². The van der Waals surface area contributed by atoms with E-state index in [9.17, 15) is 12.8 Å². The Morgan fingerprint density at radius 3 is 1.62 bits per heavy atom. The maximum Gasteiger partial charge on any atom is 0.264 e. The first-order chi connectivity index (χ1) is 3.56. The molecule has 0 spiro atoms. The second-order valence-electron chi connectivity index (χ2n) is 0.871. The van der Waals surface area contributed by atoms with Crippen molar-refractivity contribution >= 4 is 10.1 Å². The average Bonchev–Trinajstić information content (AvgIpc) is 1.71. The second-order valence-corrected chi connectivity index (χ2v) is 2.61. The van der Waals surface area contributed by atoms with Crippen LogP contribution in [0, 0.1) is 0 Å². The topological polar surface area (TPSA) is 54.4 Å². The first-order valence-electron chi connectivity index (χ1n) is 1.89. The van der Waals surface area contributed by atoms with Gasteiger partial charge in [0, 0.05) is 0 Å². The molecule has 0 rings (SSSR count). The molecular formula is C3H9FO3S. The molecule has 52 valence electrons. The summed E-state index contributed by atoms with van der Waals surface area (Å²) in [6.07, 6.45) is 0. The summed E-state index contributed by atoms with van der Waals surface area (Å²) in [6, 6.07) is 0. The second kappa shape index (κ2) is 4.99. The summed E-state index contributed by atoms with van der Waals surface area (Å²) in [5.74, 6) is -0.201. The quantitative estimate of drug-likeness (QED) is 0.544. The Labute approximate surface area is 48.3 Å². The smallest absolute Gasteiger partial charge is 0.264 e. The molecule has 0 saturated heterocycles. The first-order valence-corrected chi connectivity index (χ1v) is 3.50. The van der Waals surface area contributed by atoms with Gasteiger partial charge in [-0.25, -0.2) is 0 Å². The molecule has 0 bridgehead atoms. The van der Waals surface area contributed by atoms with Crippen molar-refractivity contribution in [1.82, 2.24) is 0 Å². The maximum atomic E-state index is 9.56. The molecule has 8 heavy (non-hydrogen) atoms. The monoisotopic (exact) mass is 144 g/mol. The van der Waals surface area contributed by atoms with Crippen LogP contribution in [0.1, 0.15) is 6.92 Å². The van der Waals surface area contributed by atoms with Gasteiger partial charge in [0.2, 0.25) is 0 Å². The van der Waals surface area contributed by atoms with E-state index in [4.69, 9.17) is 4.55 Å². The lowest BCUT2D eigenvalue weighted by molar-refractivity contribution is 0.484. The van der Waals surface area contributed by atoms with Crippen molar-refractivity contribution in [3.63, 3.8) is 0 Å². The highest BCUT2D eigenvalue weighted by Crippen LogP contribution is 1.74. The van der Waals surface area contributed by atoms with Crippen molar-refractivity contribution in [2.75, 3.05) is 12.9 Å². The van der Waals surface area contributed by atoms with Crippen LogP contribution >= 0.6 is 0 Å². The Bertz CT molecular complexity index is 116. The Hall–Kier alpha value is -0.160. The minimum absolute atomic E-state index is 0.201. The number of hydrogen-bond donors (Lipinski definition) is 1. The summed E-state index contributed by atoms with van der Waals surface area (Å²) >= 11 is 0. The standard InChI is InChI=1S/C2H6O3S.CH3F/c1-2-6(3,4)5;1-2/h2H2,1H3,(H,3,4,5);1H3. The molecule has 5 heteroatoms. The molecule has 0 aromatic heterocycles. The molecule has 0 unspecified atom stereocenters. The summed E-state index contributed by atoms with van der Waals surface area (Å²) in [5, 5.41) is 0. The highest BCUT2D eigenvalue weighted by atomic mass is 32.2. The van der Waals surface area contributed by atoms with Crippen molar-refractivity contribution in [3.8, 4) is 0 Å². The predicted octanol–water partition coefficient (Wildman–Crippen LogP) is 0.480. The highest BCUT2D eigenvalue weighted by Gasteiger charge is 1.93. The van der Waals surface area contributed by atoms with Crippen LogP contribution in [-0.4, -0.2) is 25.9 Å². The third kappa shape index (κ3) is 17.0. The molecular weight excluding hydrogens is 135 g/mol. The van der Waals surface area contributed by atoms with Crippen LogP contribution in [0.5, 0.6) is 0 Å². The van der Waals surface area contributed by atoms with E-state index in [1.165, 1.54) is 6.92 Å². The van der Waals surface area contributed by atoms with Crippen LogP contribution in [0.4, 0.5) is 4.39 Å². The van der Waals surface area contributed by atoms with E-state index in [-0.39, 0.29) is 5.75 Å². The lowest BCUT2D eigenvalue weighted by Gasteiger charge is -1.79. The summed E-state index contributed by atoms with van der Waals surface area (Å²) in [5.41, 5.74) is 0. The van der Waals surface area contributed by atoms with Gasteiger partial charge in [-0.3, -0.25) is 8.94 Å². The largest absolute Gasteiger partial charge is 0.286 e. The Balaban J connectivity index is 0. The van der Waals surface area contributed by atoms with E-state index in [0.29, 0.717) is 7.18 Å². The maximum absolute atomic E-state index is 9.56. The van der Waals surface area contributed by atoms with Gasteiger partial charge in [-0.05, 0) is 6.92 Å². The van der Waals surface area contributed by atoms with Gasteiger partial charge in [-0.1, -0.05) is 0 Å². The molecule has 0 radical (unpaired) electrons. The van der Waals surface area contributed by atoms with Gasteiger partial charge in [0.05, 0.1) is 12.9 Å². The van der Waals surface area contributed by atoms with Crippen LogP contribution in [0.3, 0.4) is 0 Å². The SMILES string of the molecule is CCS(=O)(=O)O.CF. The Morgan fingerprint density at radius 1 is 1.50 bits per heavy atom. The lowest BCUT2D eigenvalue weighted by Crippen LogP contribution is -1.97. The van der Waals surface area contributed by atoms with E-state index in [1.807, 2.05) is 0 Å². The van der Waals surface area contributed by atoms with Gasteiger partial charge < -0.3 is 0 Å². The van der Waals surface area contributed by atoms with Gasteiger partial charge in [-0.2, -0.15) is 8.42 Å². The van der Waals surface area contributed by atoms with Crippen LogP contribution in [0.15, 0.2) is 0 Å². The van der Waals surface area contributed by atoms with E-state index in [1.54, 1.807) is 0 Å². The van der Waals surface area contributed by atoms with Crippen molar-refractivity contribution in [2.24, 2.45) is 0 Å². The van der Waals surface area contributed by atoms with Crippen LogP contribution in [-0.2, 0) is 10.1 Å². The normalized spacial score (nSPS) is 9.50. The number of halogens is 1. The van der Waals surface area contributed by atoms with E-state index >= 15 is 0 Å². The molecule has 0 saturated carbocycles. The third-order valence-electron chi connectivity index (χ3n) is 0.365. The van der Waals surface area contributed by atoms with Crippen molar-refractivity contribution in [3.05, 3.63) is 0 Å². The van der Waals surface area contributed by atoms with E-state index in [0.717, 1.165) is 0 Å². The molecule has 0 aliphatic rings. The van der Waals surface area contributed by atoms with Gasteiger partial charge in [0.25, 0.3) is 10.1 Å². The number of alkyl halides is 1. The molecule has 0 heterocycles. The van der Waals surface area contributed by atoms with Crippen molar-refractivity contribution in [2.45, 2.75) is 6.92 Å². The summed E-state index contributed by atoms with van der Waals surface area (Å²) in [6.45, 7) is 1.37. The fraction of sp³-hybridized carbons (Fsp3) is 1.00. The van der Waals surface area contributed by atoms with Gasteiger partial charge in [0.1, 0.15) is 0 Å². The molecule has 0 aromatic rings. The molecule has 3 nitrogen and oxygen atoms in total. The molecule has 0 atom stereocenters. The van der Waals surface area contributed by atoms with Crippen LogP contribution < -0.4 is 0 Å². The molecule has 0 fully saturated rings. The molecule has 0 aliphatic carbocycles. The molecule has 1 N–H and O–H groups in total. The summed E-state index contributed by atoms with van der Waals surface area (Å²) in [7, 11) is -3.16. The number of hydrogen-bond acceptors (Lipinski definition) is 2. The zero-order valence-electron chi connectivity index (χ0n) is 4.76. The summed E-state index contributed by atoms with van der Waals surface area (Å²) < 4.78 is 36.4. The fourth-order valence-electron chi connectivity index (χ4n) is 0. The lowest BCUT2D eigenvalue weighted by atomic mass is 11.0. The van der Waals surface area contributed by atoms with Gasteiger partial charge in [0.15, 0.2) is 0 Å². The van der Waals surface area contributed by atoms with Crippen LogP contribution in [0.2, 0.25) is 0 Å². The minimum atomic E-state index is -3.66. The third-order valence-corrected chi connectivity index (χ3v) is 1.09. The predicted molar refractivity (Wildman–Crippen MR) is 29.1 cm³/mol. The Kier molecular flexibility index (Phi) is 6.70. The molecule has 0 aliphatic heterocycles. The average molecular weight is 144 g/mol. The summed E-state index contributed by atoms with van der Waals surface area (Å²) in [4.78, 5) is 0. The highest BCUT2D eigenvalue weighted by molar-refractivity contribution is 7.85. The van der Waals surface area contributed by atoms with Gasteiger partial charge in [-0.15, -0.1) is 0 Å². The van der Waals surface area contributed by atoms with Crippen molar-refractivity contribution in [1.29, 1.82) is 0 Å². The molecule has 0 amide bonds. The first kappa shape index (κ1) is 10.8. The minimum Gasteiger partial charge on any atom is -0.286 e. The van der Waals surface area contributed by atoms with Crippen LogP contribution in [0.25, 0.3) is 0 Å². The van der Waals surface area contributed by atoms with E-state index < -0.39 is 10.1 Å². The van der Waals surface area contributed by atoms with E-state index in [2.05, 4.69) is 0 Å². The Morgan fingerprint density at radius 2 is 1.62 bits per heavy atom.